The van der Waals surface area contributed by atoms with Crippen LogP contribution in [0.5, 0.6) is 11.8 Å². The van der Waals surface area contributed by atoms with Crippen LogP contribution in [0.1, 0.15) is 37.4 Å². The van der Waals surface area contributed by atoms with E-state index in [9.17, 15) is 18.3 Å². The van der Waals surface area contributed by atoms with Crippen molar-refractivity contribution in [2.75, 3.05) is 44.7 Å². The molecule has 0 unspecified atom stereocenters. The number of rotatable bonds is 6. The number of ether oxygens (including phenoxy) is 1. The van der Waals surface area contributed by atoms with Crippen LogP contribution in [-0.2, 0) is 0 Å². The molecule has 3 aliphatic heterocycles. The molecule has 3 saturated heterocycles. The lowest BCUT2D eigenvalue weighted by Gasteiger charge is -2.44. The first kappa shape index (κ1) is 31.4. The minimum absolute atomic E-state index is 0.0788. The normalized spacial score (nSPS) is 24.7. The molecule has 12 heteroatoms. The minimum Gasteiger partial charge on any atom is -0.508 e. The average molecular weight is 649 g/mol. The lowest BCUT2D eigenvalue weighted by Crippen LogP contribution is -2.51. The summed E-state index contributed by atoms with van der Waals surface area (Å²) in [6, 6.07) is 5.72. The molecular weight excluding hydrogens is 612 g/mol. The highest BCUT2D eigenvalue weighted by atomic mass is 19.3. The Bertz CT molecular complexity index is 1920. The molecular formula is C35H36F4N6O2. The van der Waals surface area contributed by atoms with Gasteiger partial charge in [0.2, 0.25) is 6.43 Å². The number of likely N-dealkylation sites (tertiary alicyclic amines) is 1. The second kappa shape index (κ2) is 11.8. The maximum absolute atomic E-state index is 16.9. The van der Waals surface area contributed by atoms with Crippen molar-refractivity contribution >= 4 is 27.5 Å². The summed E-state index contributed by atoms with van der Waals surface area (Å²) in [5.74, 6) is 0.252. The van der Waals surface area contributed by atoms with Crippen LogP contribution in [0.4, 0.5) is 23.4 Å². The zero-order valence-corrected chi connectivity index (χ0v) is 26.5. The molecule has 5 heterocycles. The molecule has 2 aromatic heterocycles. The van der Waals surface area contributed by atoms with Crippen LogP contribution in [0.3, 0.4) is 0 Å². The number of halogens is 4. The Hall–Kier alpha value is -4.21. The van der Waals surface area contributed by atoms with Gasteiger partial charge in [0.25, 0.3) is 0 Å². The third-order valence-electron chi connectivity index (χ3n) is 10.1. The standard InChI is InChI=1S/C35H36F4N6O2/c1-5-23-26(36)9-6-19-12-22(46)13-24(28(19)23)30-29(37)31-27(18(2)40-30)33(45-14-20-7-8-21(15-45)41-20)43-34(42-31)47-17-35(3)16-44(4)11-10-25(35)32(38)39/h1,6,9,12-13,20-21,25,32,41,46H,7-8,10-11,14-17H2,2-4H3/t20-,21+,25-,35+/m1/s1. The molecule has 7 rings (SSSR count). The molecule has 0 spiro atoms. The fraction of sp³-hybridized carbons (Fsp3) is 0.457. The van der Waals surface area contributed by atoms with E-state index in [2.05, 4.69) is 26.1 Å². The van der Waals surface area contributed by atoms with Crippen LogP contribution in [0.2, 0.25) is 0 Å². The van der Waals surface area contributed by atoms with Crippen molar-refractivity contribution in [3.8, 4) is 35.4 Å². The van der Waals surface area contributed by atoms with Gasteiger partial charge in [-0.25, -0.2) is 22.5 Å². The first-order valence-electron chi connectivity index (χ1n) is 15.9. The van der Waals surface area contributed by atoms with Crippen LogP contribution in [0.15, 0.2) is 24.3 Å². The van der Waals surface area contributed by atoms with Gasteiger partial charge in [0.1, 0.15) is 28.6 Å². The number of hydrogen-bond donors (Lipinski definition) is 2. The molecule has 47 heavy (non-hydrogen) atoms. The van der Waals surface area contributed by atoms with Crippen LogP contribution < -0.4 is 15.0 Å². The molecule has 2 N–H and O–H groups in total. The van der Waals surface area contributed by atoms with Crippen LogP contribution in [0.25, 0.3) is 32.9 Å². The Kier molecular flexibility index (Phi) is 7.88. The molecule has 4 atom stereocenters. The average Bonchev–Trinajstić information content (AvgIpc) is 3.37. The number of phenols is 1. The lowest BCUT2D eigenvalue weighted by atomic mass is 9.73. The molecule has 0 amide bonds. The molecule has 246 valence electrons. The Morgan fingerprint density at radius 3 is 2.55 bits per heavy atom. The zero-order valence-electron chi connectivity index (χ0n) is 26.5. The monoisotopic (exact) mass is 648 g/mol. The molecule has 2 aromatic carbocycles. The number of aromatic hydroxyl groups is 1. The minimum atomic E-state index is -2.52. The number of benzene rings is 2. The molecule has 0 saturated carbocycles. The lowest BCUT2D eigenvalue weighted by molar-refractivity contribution is -0.0679. The van der Waals surface area contributed by atoms with E-state index in [1.807, 2.05) is 11.9 Å². The van der Waals surface area contributed by atoms with Gasteiger partial charge < -0.3 is 25.0 Å². The largest absolute Gasteiger partial charge is 0.508 e. The topological polar surface area (TPSA) is 86.6 Å². The molecule has 2 bridgehead atoms. The van der Waals surface area contributed by atoms with E-state index >= 15 is 4.39 Å². The van der Waals surface area contributed by atoms with Gasteiger partial charge >= 0.3 is 6.01 Å². The summed E-state index contributed by atoms with van der Waals surface area (Å²) >= 11 is 0. The second-order valence-electron chi connectivity index (χ2n) is 13.5. The first-order chi connectivity index (χ1) is 22.5. The number of aryl methyl sites for hydroxylation is 1. The zero-order chi connectivity index (χ0) is 33.2. The van der Waals surface area contributed by atoms with E-state index in [1.54, 1.807) is 13.8 Å². The van der Waals surface area contributed by atoms with Crippen LogP contribution in [0, 0.1) is 42.2 Å². The molecule has 0 radical (unpaired) electrons. The Balaban J connectivity index is 1.40. The van der Waals surface area contributed by atoms with Crippen LogP contribution in [-0.4, -0.2) is 83.3 Å². The van der Waals surface area contributed by atoms with Gasteiger partial charge in [-0.3, -0.25) is 0 Å². The highest BCUT2D eigenvalue weighted by Crippen LogP contribution is 2.42. The third-order valence-corrected chi connectivity index (χ3v) is 10.1. The number of alkyl halides is 2. The molecule has 3 fully saturated rings. The molecule has 8 nitrogen and oxygen atoms in total. The van der Waals surface area contributed by atoms with Crippen molar-refractivity contribution in [3.05, 3.63) is 47.2 Å². The number of aromatic nitrogens is 3. The maximum atomic E-state index is 16.9. The second-order valence-corrected chi connectivity index (χ2v) is 13.5. The maximum Gasteiger partial charge on any atom is 0.319 e. The number of terminal acetylenes is 1. The molecule has 4 aromatic rings. The Morgan fingerprint density at radius 2 is 1.85 bits per heavy atom. The van der Waals surface area contributed by atoms with Gasteiger partial charge in [-0.1, -0.05) is 18.9 Å². The summed E-state index contributed by atoms with van der Waals surface area (Å²) < 4.78 is 66.3. The Labute approximate surface area is 270 Å². The Morgan fingerprint density at radius 1 is 1.11 bits per heavy atom. The number of nitrogens with one attached hydrogen (secondary N) is 1. The predicted octanol–water partition coefficient (Wildman–Crippen LogP) is 5.66. The van der Waals surface area contributed by atoms with E-state index in [0.717, 1.165) is 12.8 Å². The summed E-state index contributed by atoms with van der Waals surface area (Å²) in [5, 5.41) is 15.2. The summed E-state index contributed by atoms with van der Waals surface area (Å²) in [6.45, 7) is 5.61. The summed E-state index contributed by atoms with van der Waals surface area (Å²) in [6.07, 6.45) is 5.49. The molecule has 3 aliphatic rings. The van der Waals surface area contributed by atoms with E-state index in [-0.39, 0.29) is 58.2 Å². The van der Waals surface area contributed by atoms with E-state index in [4.69, 9.17) is 16.1 Å². The van der Waals surface area contributed by atoms with Gasteiger partial charge in [0, 0.05) is 54.0 Å². The van der Waals surface area contributed by atoms with Crippen molar-refractivity contribution in [2.45, 2.75) is 51.6 Å². The number of piperidine rings is 1. The van der Waals surface area contributed by atoms with Crippen LogP contribution >= 0.6 is 0 Å². The predicted molar refractivity (Wildman–Crippen MR) is 172 cm³/mol. The quantitative estimate of drug-likeness (QED) is 0.205. The SMILES string of the molecule is C#Cc1c(F)ccc2cc(O)cc(-c3nc(C)c4c(N5C[C@H]6CC[C@@H](C5)N6)nc(OC[C@]5(C)CN(C)CC[C@@H]5C(F)F)nc4c3F)c12. The van der Waals surface area contributed by atoms with Crippen molar-refractivity contribution in [3.63, 3.8) is 0 Å². The third kappa shape index (κ3) is 5.49. The number of pyridine rings is 1. The van der Waals surface area contributed by atoms with Crippen molar-refractivity contribution in [1.29, 1.82) is 0 Å². The highest BCUT2D eigenvalue weighted by Gasteiger charge is 2.44. The number of fused-ring (bicyclic) bond motifs is 4. The fourth-order valence-corrected chi connectivity index (χ4v) is 7.83. The van der Waals surface area contributed by atoms with Gasteiger partial charge in [-0.2, -0.15) is 9.97 Å². The smallest absolute Gasteiger partial charge is 0.319 e. The van der Waals surface area contributed by atoms with E-state index in [1.165, 1.54) is 24.3 Å². The van der Waals surface area contributed by atoms with Gasteiger partial charge in [-0.15, -0.1) is 6.42 Å². The first-order valence-corrected chi connectivity index (χ1v) is 15.9. The van der Waals surface area contributed by atoms with Crippen molar-refractivity contribution in [2.24, 2.45) is 11.3 Å². The van der Waals surface area contributed by atoms with Gasteiger partial charge in [-0.05, 0) is 63.4 Å². The number of piperazine rings is 1. The number of anilines is 1. The van der Waals surface area contributed by atoms with Gasteiger partial charge in [0.15, 0.2) is 5.82 Å². The summed E-state index contributed by atoms with van der Waals surface area (Å²) in [5.41, 5.74) is -0.716. The number of phenolic OH excluding ortho intramolecular Hbond substituents is 1. The van der Waals surface area contributed by atoms with E-state index < -0.39 is 29.4 Å². The highest BCUT2D eigenvalue weighted by molar-refractivity contribution is 6.03. The van der Waals surface area contributed by atoms with Crippen molar-refractivity contribution in [1.82, 2.24) is 25.2 Å². The summed E-state index contributed by atoms with van der Waals surface area (Å²) in [7, 11) is 1.89. The fourth-order valence-electron chi connectivity index (χ4n) is 7.83. The van der Waals surface area contributed by atoms with E-state index in [0.29, 0.717) is 54.9 Å². The number of nitrogens with zero attached hydrogens (tertiary/aromatic N) is 5. The van der Waals surface area contributed by atoms with Gasteiger partial charge in [0.05, 0.1) is 23.3 Å². The van der Waals surface area contributed by atoms with Crippen molar-refractivity contribution < 1.29 is 27.4 Å². The number of hydrogen-bond acceptors (Lipinski definition) is 8. The molecule has 0 aliphatic carbocycles. The summed E-state index contributed by atoms with van der Waals surface area (Å²) in [4.78, 5) is 18.0.